The average Bonchev–Trinajstić information content (AvgIpc) is 2.32. The molecule has 1 saturated heterocycles. The minimum Gasteiger partial charge on any atom is -0.507 e. The fourth-order valence-electron chi connectivity index (χ4n) is 2.62. The summed E-state index contributed by atoms with van der Waals surface area (Å²) in [5, 5.41) is 17.0. The summed E-state index contributed by atoms with van der Waals surface area (Å²) in [5.41, 5.74) is 3.16. The van der Waals surface area contributed by atoms with Crippen molar-refractivity contribution >= 4 is 5.69 Å². The summed E-state index contributed by atoms with van der Waals surface area (Å²) >= 11 is 0. The molecule has 0 saturated carbocycles. The molecule has 1 heterocycles. The molecule has 1 fully saturated rings. The summed E-state index contributed by atoms with van der Waals surface area (Å²) in [7, 11) is 0. The van der Waals surface area contributed by atoms with Crippen molar-refractivity contribution in [3.05, 3.63) is 23.3 Å². The van der Waals surface area contributed by atoms with Crippen molar-refractivity contribution in [2.45, 2.75) is 40.2 Å². The fraction of sp³-hybridized carbons (Fsp3) is 0.600. The maximum Gasteiger partial charge on any atom is 0.123 e. The molecule has 0 spiro atoms. The van der Waals surface area contributed by atoms with Gasteiger partial charge in [-0.3, -0.25) is 0 Å². The molecule has 0 aromatic heterocycles. The van der Waals surface area contributed by atoms with Gasteiger partial charge in [-0.2, -0.15) is 0 Å². The summed E-state index contributed by atoms with van der Waals surface area (Å²) in [5.74, 6) is 0.409. The largest absolute Gasteiger partial charge is 0.507 e. The van der Waals surface area contributed by atoms with Gasteiger partial charge >= 0.3 is 0 Å². The number of nitrogens with one attached hydrogen (secondary N) is 2. The number of phenols is 1. The Kier molecular flexibility index (Phi) is 3.53. The number of phenolic OH excluding ortho intramolecular Hbond substituents is 1. The zero-order valence-electron chi connectivity index (χ0n) is 11.8. The standard InChI is InChI=1S/C15H24N2O/c1-10-5-6-12(11(2)14(10)18)17-13-7-8-16-9-15(13,3)4/h5-6,13,16-18H,7-9H2,1-4H3. The lowest BCUT2D eigenvalue weighted by molar-refractivity contribution is 0.236. The Morgan fingerprint density at radius 2 is 2.06 bits per heavy atom. The number of aryl methyl sites for hydroxylation is 1. The number of rotatable bonds is 2. The van der Waals surface area contributed by atoms with Gasteiger partial charge in [0.15, 0.2) is 0 Å². The molecular weight excluding hydrogens is 224 g/mol. The Morgan fingerprint density at radius 1 is 1.33 bits per heavy atom. The molecule has 1 aromatic rings. The Hall–Kier alpha value is -1.22. The number of hydrogen-bond donors (Lipinski definition) is 3. The first-order valence-corrected chi connectivity index (χ1v) is 6.68. The molecule has 100 valence electrons. The highest BCUT2D eigenvalue weighted by molar-refractivity contribution is 5.59. The van der Waals surface area contributed by atoms with Crippen LogP contribution >= 0.6 is 0 Å². The van der Waals surface area contributed by atoms with Crippen LogP contribution in [0.2, 0.25) is 0 Å². The number of piperidine rings is 1. The number of benzene rings is 1. The maximum atomic E-state index is 9.99. The molecule has 0 aliphatic carbocycles. The van der Waals surface area contributed by atoms with E-state index in [0.717, 1.165) is 36.3 Å². The molecule has 3 heteroatoms. The van der Waals surface area contributed by atoms with Crippen LogP contribution in [-0.4, -0.2) is 24.2 Å². The van der Waals surface area contributed by atoms with Gasteiger partial charge < -0.3 is 15.7 Å². The van der Waals surface area contributed by atoms with Crippen molar-refractivity contribution in [1.82, 2.24) is 5.32 Å². The highest BCUT2D eigenvalue weighted by Crippen LogP contribution is 2.33. The zero-order valence-corrected chi connectivity index (χ0v) is 11.8. The quantitative estimate of drug-likeness (QED) is 0.754. The van der Waals surface area contributed by atoms with Gasteiger partial charge in [-0.25, -0.2) is 0 Å². The molecule has 3 N–H and O–H groups in total. The van der Waals surface area contributed by atoms with E-state index in [-0.39, 0.29) is 5.41 Å². The van der Waals surface area contributed by atoms with Crippen LogP contribution in [0, 0.1) is 19.3 Å². The van der Waals surface area contributed by atoms with E-state index in [0.29, 0.717) is 11.8 Å². The topological polar surface area (TPSA) is 44.3 Å². The van der Waals surface area contributed by atoms with Crippen molar-refractivity contribution in [3.8, 4) is 5.75 Å². The molecule has 2 rings (SSSR count). The van der Waals surface area contributed by atoms with Crippen LogP contribution in [0.1, 0.15) is 31.4 Å². The van der Waals surface area contributed by atoms with E-state index in [1.807, 2.05) is 19.9 Å². The van der Waals surface area contributed by atoms with Crippen LogP contribution in [0.4, 0.5) is 5.69 Å². The van der Waals surface area contributed by atoms with Crippen LogP contribution in [0.25, 0.3) is 0 Å². The van der Waals surface area contributed by atoms with Crippen molar-refractivity contribution in [2.75, 3.05) is 18.4 Å². The lowest BCUT2D eigenvalue weighted by Gasteiger charge is -2.40. The second-order valence-electron chi connectivity index (χ2n) is 6.05. The molecule has 0 amide bonds. The van der Waals surface area contributed by atoms with Gasteiger partial charge in [0.05, 0.1) is 0 Å². The second-order valence-corrected chi connectivity index (χ2v) is 6.05. The third kappa shape index (κ3) is 2.46. The highest BCUT2D eigenvalue weighted by atomic mass is 16.3. The second kappa shape index (κ2) is 4.81. The first-order valence-electron chi connectivity index (χ1n) is 6.68. The monoisotopic (exact) mass is 248 g/mol. The van der Waals surface area contributed by atoms with Gasteiger partial charge in [-0.05, 0) is 43.9 Å². The molecule has 0 bridgehead atoms. The Morgan fingerprint density at radius 3 is 2.72 bits per heavy atom. The average molecular weight is 248 g/mol. The van der Waals surface area contributed by atoms with Crippen LogP contribution in [0.15, 0.2) is 12.1 Å². The van der Waals surface area contributed by atoms with E-state index in [9.17, 15) is 5.11 Å². The van der Waals surface area contributed by atoms with E-state index in [1.54, 1.807) is 0 Å². The van der Waals surface area contributed by atoms with Gasteiger partial charge in [0.1, 0.15) is 5.75 Å². The summed E-state index contributed by atoms with van der Waals surface area (Å²) in [6.07, 6.45) is 1.11. The predicted octanol–water partition coefficient (Wildman–Crippen LogP) is 2.81. The van der Waals surface area contributed by atoms with E-state index in [4.69, 9.17) is 0 Å². The van der Waals surface area contributed by atoms with Crippen LogP contribution in [-0.2, 0) is 0 Å². The van der Waals surface area contributed by atoms with E-state index < -0.39 is 0 Å². The molecule has 0 radical (unpaired) electrons. The molecule has 1 atom stereocenters. The summed E-state index contributed by atoms with van der Waals surface area (Å²) < 4.78 is 0. The van der Waals surface area contributed by atoms with Gasteiger partial charge in [-0.15, -0.1) is 0 Å². The SMILES string of the molecule is Cc1ccc(NC2CCNCC2(C)C)c(C)c1O. The van der Waals surface area contributed by atoms with Crippen molar-refractivity contribution in [2.24, 2.45) is 5.41 Å². The molecular formula is C15H24N2O. The first-order chi connectivity index (χ1) is 8.42. The predicted molar refractivity (Wildman–Crippen MR) is 76.3 cm³/mol. The lowest BCUT2D eigenvalue weighted by Crippen LogP contribution is -2.49. The Bertz CT molecular complexity index is 440. The number of aromatic hydroxyl groups is 1. The number of hydrogen-bond acceptors (Lipinski definition) is 3. The van der Waals surface area contributed by atoms with Crippen LogP contribution < -0.4 is 10.6 Å². The zero-order chi connectivity index (χ0) is 13.3. The summed E-state index contributed by atoms with van der Waals surface area (Å²) in [6, 6.07) is 4.49. The molecule has 1 aromatic carbocycles. The van der Waals surface area contributed by atoms with Gasteiger partial charge in [-0.1, -0.05) is 19.9 Å². The highest BCUT2D eigenvalue weighted by Gasteiger charge is 2.32. The minimum atomic E-state index is 0.227. The number of anilines is 1. The summed E-state index contributed by atoms with van der Waals surface area (Å²) in [4.78, 5) is 0. The van der Waals surface area contributed by atoms with Gasteiger partial charge in [0.25, 0.3) is 0 Å². The smallest absolute Gasteiger partial charge is 0.123 e. The third-order valence-corrected chi connectivity index (χ3v) is 4.10. The normalized spacial score (nSPS) is 22.8. The molecule has 3 nitrogen and oxygen atoms in total. The van der Waals surface area contributed by atoms with E-state index in [2.05, 4.69) is 30.5 Å². The first kappa shape index (κ1) is 13.2. The van der Waals surface area contributed by atoms with E-state index >= 15 is 0 Å². The molecule has 1 unspecified atom stereocenters. The molecule has 18 heavy (non-hydrogen) atoms. The summed E-state index contributed by atoms with van der Waals surface area (Å²) in [6.45, 7) is 10.5. The van der Waals surface area contributed by atoms with Gasteiger partial charge in [0.2, 0.25) is 0 Å². The van der Waals surface area contributed by atoms with Crippen molar-refractivity contribution in [3.63, 3.8) is 0 Å². The van der Waals surface area contributed by atoms with Crippen LogP contribution in [0.5, 0.6) is 5.75 Å². The fourth-order valence-corrected chi connectivity index (χ4v) is 2.62. The van der Waals surface area contributed by atoms with E-state index in [1.165, 1.54) is 0 Å². The Balaban J connectivity index is 2.21. The minimum absolute atomic E-state index is 0.227. The van der Waals surface area contributed by atoms with Crippen LogP contribution in [0.3, 0.4) is 0 Å². The third-order valence-electron chi connectivity index (χ3n) is 4.10. The lowest BCUT2D eigenvalue weighted by atomic mass is 9.80. The maximum absolute atomic E-state index is 9.99. The van der Waals surface area contributed by atoms with Crippen molar-refractivity contribution in [1.29, 1.82) is 0 Å². The Labute approximate surface area is 110 Å². The van der Waals surface area contributed by atoms with Gasteiger partial charge in [0, 0.05) is 23.8 Å². The van der Waals surface area contributed by atoms with Crippen molar-refractivity contribution < 1.29 is 5.11 Å². The molecule has 1 aliphatic rings. The molecule has 1 aliphatic heterocycles.